The van der Waals surface area contributed by atoms with Crippen LogP contribution in [0.4, 0.5) is 17.1 Å². The molecule has 0 bridgehead atoms. The molecule has 9 nitrogen and oxygen atoms in total. The first-order valence-electron chi connectivity index (χ1n) is 16.9. The zero-order valence-corrected chi connectivity index (χ0v) is 28.8. The molecule has 6 rings (SSSR count). The number of aliphatic hydroxyl groups is 1. The van der Waals surface area contributed by atoms with Crippen molar-refractivity contribution in [2.75, 3.05) is 54.1 Å². The van der Waals surface area contributed by atoms with E-state index in [0.717, 1.165) is 35.9 Å². The molecule has 4 heterocycles. The van der Waals surface area contributed by atoms with Gasteiger partial charge in [-0.2, -0.15) is 0 Å². The van der Waals surface area contributed by atoms with Gasteiger partial charge >= 0.3 is 0 Å². The van der Waals surface area contributed by atoms with Crippen molar-refractivity contribution >= 4 is 46.5 Å². The molecule has 1 N–H and O–H groups in total. The van der Waals surface area contributed by atoms with E-state index in [2.05, 4.69) is 24.8 Å². The van der Waals surface area contributed by atoms with Gasteiger partial charge in [0.2, 0.25) is 11.8 Å². The third-order valence-corrected chi connectivity index (χ3v) is 12.1. The molecule has 0 radical (unpaired) electrons. The fourth-order valence-electron chi connectivity index (χ4n) is 8.05. The topological polar surface area (TPSA) is 93.6 Å². The first-order valence-corrected chi connectivity index (χ1v) is 17.7. The summed E-state index contributed by atoms with van der Waals surface area (Å²) in [6.07, 6.45) is 8.56. The summed E-state index contributed by atoms with van der Waals surface area (Å²) in [5.74, 6) is -1.36. The quantitative estimate of drug-likeness (QED) is 0.364. The second-order valence-corrected chi connectivity index (χ2v) is 14.6. The number of aliphatic hydroxyl groups excluding tert-OH is 1. The number of likely N-dealkylation sites (tertiary alicyclic amines) is 1. The number of anilines is 3. The maximum Gasteiger partial charge on any atom is 0.251 e. The van der Waals surface area contributed by atoms with E-state index in [4.69, 9.17) is 4.74 Å². The van der Waals surface area contributed by atoms with Gasteiger partial charge in [0.05, 0.1) is 35.8 Å². The van der Waals surface area contributed by atoms with Crippen molar-refractivity contribution in [3.63, 3.8) is 0 Å². The second-order valence-electron chi connectivity index (χ2n) is 12.8. The van der Waals surface area contributed by atoms with Crippen LogP contribution in [0.25, 0.3) is 0 Å². The third kappa shape index (κ3) is 5.33. The van der Waals surface area contributed by atoms with E-state index in [1.807, 2.05) is 87.5 Å². The number of carbonyl (C=O) groups is 3. The van der Waals surface area contributed by atoms with Gasteiger partial charge in [0.1, 0.15) is 11.8 Å². The standard InChI is InChI=1S/C37H46N4O5S/c1-6-25(24-42)41-32-35(45)40(27-14-12-26(13-15-27)38(7-2)8-3)23-11-21-37(32)31(34(41)44)30-33(43)39(22-10-20-36(30,5)47-37)28-16-18-29(19-17-28)46-9-4/h10-21,25,30-32,42H,6-9,22-24H2,1-5H3/t25-,30-,31-,32?,36+,37-/m0/s1. The highest BCUT2D eigenvalue weighted by Crippen LogP contribution is 2.66. The average molecular weight is 659 g/mol. The molecule has 4 aliphatic heterocycles. The van der Waals surface area contributed by atoms with E-state index < -0.39 is 33.4 Å². The summed E-state index contributed by atoms with van der Waals surface area (Å²) >= 11 is 1.56. The highest BCUT2D eigenvalue weighted by molar-refractivity contribution is 8.02. The maximum absolute atomic E-state index is 14.9. The SMILES string of the molecule is CCOc1ccc(N2CC=C[C@@]3(C)S[C@]45C=CCN(c6ccc(N(CC)CC)cc6)C(=O)C4N([C@@H](CC)CO)C(=O)[C@@H]5[C@H]3C2=O)cc1. The van der Waals surface area contributed by atoms with Crippen molar-refractivity contribution in [2.45, 2.75) is 62.6 Å². The molecule has 6 atom stereocenters. The van der Waals surface area contributed by atoms with Gasteiger partial charge in [-0.25, -0.2) is 0 Å². The van der Waals surface area contributed by atoms with E-state index in [1.165, 1.54) is 0 Å². The summed E-state index contributed by atoms with van der Waals surface area (Å²) in [7, 11) is 0. The van der Waals surface area contributed by atoms with Crippen molar-refractivity contribution < 1.29 is 24.2 Å². The molecule has 10 heteroatoms. The summed E-state index contributed by atoms with van der Waals surface area (Å²) in [6, 6.07) is 14.0. The van der Waals surface area contributed by atoms with Crippen LogP contribution in [0.5, 0.6) is 5.75 Å². The molecule has 47 heavy (non-hydrogen) atoms. The molecule has 1 unspecified atom stereocenters. The summed E-state index contributed by atoms with van der Waals surface area (Å²) in [6.45, 7) is 12.9. The van der Waals surface area contributed by atoms with Crippen molar-refractivity contribution in [3.05, 3.63) is 72.8 Å². The third-order valence-electron chi connectivity index (χ3n) is 10.3. The average Bonchev–Trinajstić information content (AvgIpc) is 3.34. The monoisotopic (exact) mass is 658 g/mol. The van der Waals surface area contributed by atoms with Gasteiger partial charge in [-0.3, -0.25) is 14.4 Å². The van der Waals surface area contributed by atoms with E-state index in [0.29, 0.717) is 26.1 Å². The van der Waals surface area contributed by atoms with Crippen LogP contribution >= 0.6 is 11.8 Å². The Morgan fingerprint density at radius 2 is 1.45 bits per heavy atom. The molecule has 2 saturated heterocycles. The Labute approximate surface area is 282 Å². The van der Waals surface area contributed by atoms with E-state index in [9.17, 15) is 19.5 Å². The van der Waals surface area contributed by atoms with Crippen LogP contribution in [0.2, 0.25) is 0 Å². The number of carbonyl (C=O) groups excluding carboxylic acids is 3. The smallest absolute Gasteiger partial charge is 0.251 e. The fraction of sp³-hybridized carbons (Fsp3) is 0.486. The van der Waals surface area contributed by atoms with Gasteiger partial charge in [0, 0.05) is 48.0 Å². The molecule has 0 saturated carbocycles. The molecular formula is C37H46N4O5S. The Balaban J connectivity index is 1.42. The number of fused-ring (bicyclic) bond motifs is 2. The number of benzene rings is 2. The zero-order valence-electron chi connectivity index (χ0n) is 28.0. The Morgan fingerprint density at radius 3 is 2.02 bits per heavy atom. The van der Waals surface area contributed by atoms with Crippen LogP contribution in [0, 0.1) is 11.8 Å². The van der Waals surface area contributed by atoms with Gasteiger partial charge in [-0.15, -0.1) is 11.8 Å². The van der Waals surface area contributed by atoms with Gasteiger partial charge in [0.25, 0.3) is 5.91 Å². The van der Waals surface area contributed by atoms with E-state index in [-0.39, 0.29) is 24.3 Å². The lowest BCUT2D eigenvalue weighted by atomic mass is 9.74. The molecule has 4 aliphatic rings. The second kappa shape index (κ2) is 13.0. The minimum absolute atomic E-state index is 0.143. The fourth-order valence-corrected chi connectivity index (χ4v) is 10.2. The molecular weight excluding hydrogens is 612 g/mol. The van der Waals surface area contributed by atoms with Crippen LogP contribution in [0.3, 0.4) is 0 Å². The van der Waals surface area contributed by atoms with Crippen LogP contribution in [0.15, 0.2) is 72.8 Å². The highest BCUT2D eigenvalue weighted by Gasteiger charge is 2.74. The lowest BCUT2D eigenvalue weighted by Gasteiger charge is -2.39. The molecule has 250 valence electrons. The first-order chi connectivity index (χ1) is 22.7. The van der Waals surface area contributed by atoms with Crippen molar-refractivity contribution in [2.24, 2.45) is 11.8 Å². The number of rotatable bonds is 10. The number of amides is 3. The van der Waals surface area contributed by atoms with Crippen LogP contribution < -0.4 is 19.4 Å². The van der Waals surface area contributed by atoms with Crippen molar-refractivity contribution in [1.29, 1.82) is 0 Å². The Hall–Kier alpha value is -3.76. The van der Waals surface area contributed by atoms with Gasteiger partial charge < -0.3 is 29.4 Å². The molecule has 2 aromatic rings. The van der Waals surface area contributed by atoms with Crippen LogP contribution in [-0.2, 0) is 14.4 Å². The minimum atomic E-state index is -0.992. The van der Waals surface area contributed by atoms with Crippen LogP contribution in [0.1, 0.15) is 41.0 Å². The van der Waals surface area contributed by atoms with Gasteiger partial charge in [-0.1, -0.05) is 31.2 Å². The molecule has 2 fully saturated rings. The normalized spacial score (nSPS) is 28.9. The summed E-state index contributed by atoms with van der Waals surface area (Å²) in [5, 5.41) is 10.5. The van der Waals surface area contributed by atoms with Crippen LogP contribution in [-0.4, -0.2) is 88.7 Å². The first kappa shape index (κ1) is 33.2. The maximum atomic E-state index is 14.9. The van der Waals surface area contributed by atoms with Crippen molar-refractivity contribution in [3.8, 4) is 5.75 Å². The van der Waals surface area contributed by atoms with E-state index >= 15 is 0 Å². The Bertz CT molecular complexity index is 1550. The molecule has 2 aromatic carbocycles. The Kier molecular flexibility index (Phi) is 9.19. The largest absolute Gasteiger partial charge is 0.494 e. The number of ether oxygens (including phenoxy) is 1. The molecule has 0 aromatic heterocycles. The minimum Gasteiger partial charge on any atom is -0.494 e. The van der Waals surface area contributed by atoms with E-state index in [1.54, 1.807) is 26.5 Å². The van der Waals surface area contributed by atoms with Gasteiger partial charge in [0.15, 0.2) is 0 Å². The molecule has 1 spiro atoms. The summed E-state index contributed by atoms with van der Waals surface area (Å²) in [5.41, 5.74) is 2.56. The lowest BCUT2D eigenvalue weighted by molar-refractivity contribution is -0.142. The molecule has 3 amide bonds. The summed E-state index contributed by atoms with van der Waals surface area (Å²) in [4.78, 5) is 51.7. The number of nitrogens with zero attached hydrogens (tertiary/aromatic N) is 4. The summed E-state index contributed by atoms with van der Waals surface area (Å²) < 4.78 is 3.90. The predicted molar refractivity (Wildman–Crippen MR) is 188 cm³/mol. The van der Waals surface area contributed by atoms with Gasteiger partial charge in [-0.05, 0) is 82.6 Å². The highest BCUT2D eigenvalue weighted by atomic mass is 32.2. The molecule has 0 aliphatic carbocycles. The zero-order chi connectivity index (χ0) is 33.5. The number of thioether (sulfide) groups is 1. The predicted octanol–water partition coefficient (Wildman–Crippen LogP) is 4.90. The number of hydrogen-bond donors (Lipinski definition) is 1. The number of hydrogen-bond acceptors (Lipinski definition) is 7. The Morgan fingerprint density at radius 1 is 0.851 bits per heavy atom. The lowest BCUT2D eigenvalue weighted by Crippen LogP contribution is -2.56. The van der Waals surface area contributed by atoms with Crippen molar-refractivity contribution in [1.82, 2.24) is 4.90 Å².